The van der Waals surface area contributed by atoms with Crippen LogP contribution in [0.15, 0.2) is 24.5 Å². The molecule has 0 aliphatic heterocycles. The number of aromatic nitrogens is 3. The van der Waals surface area contributed by atoms with Crippen LogP contribution >= 0.6 is 11.6 Å². The molecule has 0 aliphatic carbocycles. The van der Waals surface area contributed by atoms with Gasteiger partial charge in [-0.1, -0.05) is 11.6 Å². The van der Waals surface area contributed by atoms with E-state index in [9.17, 15) is 0 Å². The van der Waals surface area contributed by atoms with Gasteiger partial charge in [0, 0.05) is 24.7 Å². The molecule has 0 atom stereocenters. The van der Waals surface area contributed by atoms with Gasteiger partial charge >= 0.3 is 0 Å². The minimum atomic E-state index is 0.00410. The lowest BCUT2D eigenvalue weighted by Crippen LogP contribution is -2.35. The van der Waals surface area contributed by atoms with Crippen LogP contribution in [0.4, 0.5) is 0 Å². The first kappa shape index (κ1) is 15.8. The normalized spacial score (nSPS) is 11.7. The summed E-state index contributed by atoms with van der Waals surface area (Å²) in [6, 6.07) is 3.56. The predicted molar refractivity (Wildman–Crippen MR) is 83.8 cm³/mol. The molecule has 2 aromatic heterocycles. The molecule has 1 N–H and O–H groups in total. The lowest BCUT2D eigenvalue weighted by molar-refractivity contribution is 0.416. The molecule has 2 rings (SSSR count). The highest BCUT2D eigenvalue weighted by Gasteiger charge is 2.12. The van der Waals surface area contributed by atoms with E-state index < -0.39 is 0 Å². The van der Waals surface area contributed by atoms with Gasteiger partial charge in [0.05, 0.1) is 23.1 Å². The van der Waals surface area contributed by atoms with Gasteiger partial charge in [-0.3, -0.25) is 4.68 Å². The molecule has 6 heteroatoms. The fourth-order valence-electron chi connectivity index (χ4n) is 1.69. The maximum absolute atomic E-state index is 6.18. The Hall–Kier alpha value is -1.59. The summed E-state index contributed by atoms with van der Waals surface area (Å²) in [7, 11) is 0. The third kappa shape index (κ3) is 4.72. The van der Waals surface area contributed by atoms with Crippen LogP contribution in [0.25, 0.3) is 0 Å². The van der Waals surface area contributed by atoms with E-state index in [0.29, 0.717) is 23.2 Å². The highest BCUT2D eigenvalue weighted by Crippen LogP contribution is 2.23. The first-order chi connectivity index (χ1) is 9.87. The molecule has 5 nitrogen and oxygen atoms in total. The van der Waals surface area contributed by atoms with Crippen LogP contribution in [0.5, 0.6) is 11.6 Å². The number of hydrogen-bond acceptors (Lipinski definition) is 4. The molecule has 0 spiro atoms. The van der Waals surface area contributed by atoms with Crippen LogP contribution in [0.1, 0.15) is 33.4 Å². The van der Waals surface area contributed by atoms with E-state index in [1.54, 1.807) is 23.0 Å². The molecular formula is C15H21ClN4O. The fraction of sp³-hybridized carbons (Fsp3) is 0.467. The number of ether oxygens (including phenoxy) is 1. The number of nitrogens with zero attached hydrogens (tertiary/aromatic N) is 3. The molecule has 114 valence electrons. The number of hydrogen-bond donors (Lipinski definition) is 1. The maximum atomic E-state index is 6.18. The van der Waals surface area contributed by atoms with Crippen LogP contribution in [-0.4, -0.2) is 20.3 Å². The standard InChI is InChI=1S/C15H21ClN4O/c1-5-20-10-11(8-18-20)21-14-7-6-12(16)13(19-14)9-17-15(2,3)4/h6-8,10,17H,5,9H2,1-4H3. The number of rotatable bonds is 5. The van der Waals surface area contributed by atoms with Crippen molar-refractivity contribution in [3.05, 3.63) is 35.2 Å². The minimum absolute atomic E-state index is 0.00410. The molecule has 0 saturated carbocycles. The van der Waals surface area contributed by atoms with Gasteiger partial charge in [0.25, 0.3) is 0 Å². The van der Waals surface area contributed by atoms with Crippen molar-refractivity contribution in [3.63, 3.8) is 0 Å². The van der Waals surface area contributed by atoms with Gasteiger partial charge < -0.3 is 10.1 Å². The number of nitrogens with one attached hydrogen (secondary N) is 1. The first-order valence-corrected chi connectivity index (χ1v) is 7.36. The number of halogens is 1. The van der Waals surface area contributed by atoms with Crippen LogP contribution in [0.2, 0.25) is 5.02 Å². The quantitative estimate of drug-likeness (QED) is 0.916. The van der Waals surface area contributed by atoms with Gasteiger partial charge in [0.2, 0.25) is 5.88 Å². The third-order valence-corrected chi connectivity index (χ3v) is 3.18. The Morgan fingerprint density at radius 2 is 2.10 bits per heavy atom. The highest BCUT2D eigenvalue weighted by atomic mass is 35.5. The van der Waals surface area contributed by atoms with Crippen LogP contribution in [0.3, 0.4) is 0 Å². The predicted octanol–water partition coefficient (Wildman–Crippen LogP) is 3.63. The molecule has 0 fully saturated rings. The molecule has 0 aromatic carbocycles. The topological polar surface area (TPSA) is 52.0 Å². The lowest BCUT2D eigenvalue weighted by Gasteiger charge is -2.20. The van der Waals surface area contributed by atoms with Crippen molar-refractivity contribution in [2.24, 2.45) is 0 Å². The Bertz CT molecular complexity index is 604. The maximum Gasteiger partial charge on any atom is 0.219 e. The molecule has 21 heavy (non-hydrogen) atoms. The molecule has 0 bridgehead atoms. The second-order valence-electron chi connectivity index (χ2n) is 5.82. The van der Waals surface area contributed by atoms with Crippen LogP contribution < -0.4 is 10.1 Å². The molecule has 2 aromatic rings. The van der Waals surface area contributed by atoms with Gasteiger partial charge in [0.15, 0.2) is 5.75 Å². The van der Waals surface area contributed by atoms with Crippen molar-refractivity contribution in [2.45, 2.75) is 46.3 Å². The lowest BCUT2D eigenvalue weighted by atomic mass is 10.1. The van der Waals surface area contributed by atoms with Gasteiger partial charge in [-0.25, -0.2) is 4.98 Å². The van der Waals surface area contributed by atoms with Crippen molar-refractivity contribution in [2.75, 3.05) is 0 Å². The summed E-state index contributed by atoms with van der Waals surface area (Å²) in [4.78, 5) is 4.45. The summed E-state index contributed by atoms with van der Waals surface area (Å²) in [6.07, 6.45) is 3.51. The van der Waals surface area contributed by atoms with Crippen molar-refractivity contribution in [1.29, 1.82) is 0 Å². The zero-order chi connectivity index (χ0) is 15.5. The summed E-state index contributed by atoms with van der Waals surface area (Å²) in [5.74, 6) is 1.18. The molecule has 0 amide bonds. The van der Waals surface area contributed by atoms with E-state index in [0.717, 1.165) is 12.2 Å². The molecule has 0 saturated heterocycles. The SMILES string of the molecule is CCn1cc(Oc2ccc(Cl)c(CNC(C)(C)C)n2)cn1. The Morgan fingerprint density at radius 3 is 2.71 bits per heavy atom. The van der Waals surface area contributed by atoms with Crippen molar-refractivity contribution >= 4 is 11.6 Å². The van der Waals surface area contributed by atoms with E-state index in [1.807, 2.05) is 13.1 Å². The fourth-order valence-corrected chi connectivity index (χ4v) is 1.86. The average molecular weight is 309 g/mol. The second kappa shape index (κ2) is 6.45. The van der Waals surface area contributed by atoms with E-state index in [4.69, 9.17) is 16.3 Å². The zero-order valence-corrected chi connectivity index (χ0v) is 13.6. The van der Waals surface area contributed by atoms with Crippen molar-refractivity contribution in [1.82, 2.24) is 20.1 Å². The third-order valence-electron chi connectivity index (χ3n) is 2.84. The Kier molecular flexibility index (Phi) is 4.85. The summed E-state index contributed by atoms with van der Waals surface area (Å²) in [5.41, 5.74) is 0.774. The Morgan fingerprint density at radius 1 is 1.33 bits per heavy atom. The highest BCUT2D eigenvalue weighted by molar-refractivity contribution is 6.31. The summed E-state index contributed by atoms with van der Waals surface area (Å²) in [5, 5.41) is 8.16. The molecule has 2 heterocycles. The largest absolute Gasteiger partial charge is 0.436 e. The summed E-state index contributed by atoms with van der Waals surface area (Å²) in [6.45, 7) is 9.71. The number of pyridine rings is 1. The molecular weight excluding hydrogens is 288 g/mol. The van der Waals surface area contributed by atoms with E-state index in [-0.39, 0.29) is 5.54 Å². The summed E-state index contributed by atoms with van der Waals surface area (Å²) >= 11 is 6.18. The first-order valence-electron chi connectivity index (χ1n) is 6.98. The van der Waals surface area contributed by atoms with Crippen LogP contribution in [-0.2, 0) is 13.1 Å². The Balaban J connectivity index is 2.10. The Labute approximate surface area is 130 Å². The average Bonchev–Trinajstić information content (AvgIpc) is 2.86. The zero-order valence-electron chi connectivity index (χ0n) is 12.9. The van der Waals surface area contributed by atoms with Gasteiger partial charge in [-0.15, -0.1) is 0 Å². The van der Waals surface area contributed by atoms with Crippen LogP contribution in [0, 0.1) is 0 Å². The summed E-state index contributed by atoms with van der Waals surface area (Å²) < 4.78 is 7.51. The van der Waals surface area contributed by atoms with E-state index in [2.05, 4.69) is 36.2 Å². The second-order valence-corrected chi connectivity index (χ2v) is 6.22. The molecule has 0 unspecified atom stereocenters. The van der Waals surface area contributed by atoms with E-state index in [1.165, 1.54) is 0 Å². The number of aryl methyl sites for hydroxylation is 1. The van der Waals surface area contributed by atoms with Gasteiger partial charge in [-0.2, -0.15) is 5.10 Å². The molecule has 0 radical (unpaired) electrons. The smallest absolute Gasteiger partial charge is 0.219 e. The van der Waals surface area contributed by atoms with Gasteiger partial charge in [0.1, 0.15) is 0 Å². The molecule has 0 aliphatic rings. The van der Waals surface area contributed by atoms with Gasteiger partial charge in [-0.05, 0) is 33.8 Å². The monoisotopic (exact) mass is 308 g/mol. The minimum Gasteiger partial charge on any atom is -0.436 e. The van der Waals surface area contributed by atoms with Crippen molar-refractivity contribution < 1.29 is 4.74 Å². The van der Waals surface area contributed by atoms with Crippen molar-refractivity contribution in [3.8, 4) is 11.6 Å². The van der Waals surface area contributed by atoms with E-state index >= 15 is 0 Å².